The zero-order valence-electron chi connectivity index (χ0n) is 7.55. The average molecular weight is 199 g/mol. The van der Waals surface area contributed by atoms with Gasteiger partial charge in [0.2, 0.25) is 0 Å². The van der Waals surface area contributed by atoms with Crippen LogP contribution in [0.3, 0.4) is 0 Å². The fraction of sp³-hybridized carbons (Fsp3) is 0. The van der Waals surface area contributed by atoms with Crippen LogP contribution in [0.1, 0.15) is 11.1 Å². The molecule has 14 heavy (non-hydrogen) atoms. The molecule has 0 spiro atoms. The first kappa shape index (κ1) is 9.03. The van der Waals surface area contributed by atoms with Crippen molar-refractivity contribution in [2.45, 2.75) is 0 Å². The van der Waals surface area contributed by atoms with E-state index in [-0.39, 0.29) is 0 Å². The third-order valence-corrected chi connectivity index (χ3v) is 2.43. The van der Waals surface area contributed by atoms with Gasteiger partial charge in [-0.15, -0.1) is 0 Å². The normalized spacial score (nSPS) is 9.71. The number of pyridine rings is 1. The summed E-state index contributed by atoms with van der Waals surface area (Å²) in [5.74, 6) is 0. The first-order valence-electron chi connectivity index (χ1n) is 4.38. The SMILES string of the molecule is S=C(c1ccccc1)c1cccnc1. The highest BCUT2D eigenvalue weighted by molar-refractivity contribution is 7.81. The van der Waals surface area contributed by atoms with E-state index in [0.717, 1.165) is 16.0 Å². The molecule has 0 aliphatic carbocycles. The molecule has 1 heterocycles. The van der Waals surface area contributed by atoms with Gasteiger partial charge >= 0.3 is 0 Å². The highest BCUT2D eigenvalue weighted by Gasteiger charge is 2.02. The second-order valence-corrected chi connectivity index (χ2v) is 3.35. The van der Waals surface area contributed by atoms with Gasteiger partial charge in [-0.3, -0.25) is 4.98 Å². The van der Waals surface area contributed by atoms with Gasteiger partial charge in [0.05, 0.1) is 4.86 Å². The number of thiocarbonyl (C=S) groups is 1. The van der Waals surface area contributed by atoms with E-state index in [1.807, 2.05) is 42.5 Å². The lowest BCUT2D eigenvalue weighted by Gasteiger charge is -2.02. The molecule has 0 N–H and O–H groups in total. The van der Waals surface area contributed by atoms with E-state index in [1.165, 1.54) is 0 Å². The molecule has 68 valence electrons. The molecule has 0 fully saturated rings. The van der Waals surface area contributed by atoms with Crippen LogP contribution in [0.4, 0.5) is 0 Å². The molecule has 0 radical (unpaired) electrons. The summed E-state index contributed by atoms with van der Waals surface area (Å²) in [5.41, 5.74) is 2.06. The van der Waals surface area contributed by atoms with Crippen LogP contribution < -0.4 is 0 Å². The molecule has 2 heteroatoms. The first-order valence-corrected chi connectivity index (χ1v) is 4.78. The maximum atomic E-state index is 5.35. The Bertz CT molecular complexity index is 381. The molecular weight excluding hydrogens is 190 g/mol. The minimum absolute atomic E-state index is 0.846. The summed E-state index contributed by atoms with van der Waals surface area (Å²) in [6.45, 7) is 0. The molecule has 0 amide bonds. The van der Waals surface area contributed by atoms with E-state index in [1.54, 1.807) is 12.4 Å². The minimum atomic E-state index is 0.846. The van der Waals surface area contributed by atoms with Gasteiger partial charge in [0.15, 0.2) is 0 Å². The largest absolute Gasteiger partial charge is 0.264 e. The topological polar surface area (TPSA) is 12.9 Å². The molecule has 1 aromatic heterocycles. The second kappa shape index (κ2) is 4.11. The van der Waals surface area contributed by atoms with Gasteiger partial charge in [0.25, 0.3) is 0 Å². The second-order valence-electron chi connectivity index (χ2n) is 2.94. The number of hydrogen-bond donors (Lipinski definition) is 0. The molecule has 0 saturated heterocycles. The van der Waals surface area contributed by atoms with Crippen LogP contribution in [0.15, 0.2) is 54.9 Å². The molecule has 2 aromatic rings. The number of aromatic nitrogens is 1. The zero-order valence-corrected chi connectivity index (χ0v) is 8.37. The van der Waals surface area contributed by atoms with Crippen LogP contribution in [0, 0.1) is 0 Å². The molecule has 1 aromatic carbocycles. The third kappa shape index (κ3) is 1.86. The predicted molar refractivity (Wildman–Crippen MR) is 61.5 cm³/mol. The fourth-order valence-corrected chi connectivity index (χ4v) is 1.51. The number of rotatable bonds is 2. The van der Waals surface area contributed by atoms with E-state index in [0.29, 0.717) is 0 Å². The van der Waals surface area contributed by atoms with Crippen molar-refractivity contribution in [3.8, 4) is 0 Å². The molecular formula is C12H9NS. The number of nitrogens with zero attached hydrogens (tertiary/aromatic N) is 1. The van der Waals surface area contributed by atoms with Crippen LogP contribution in [-0.4, -0.2) is 9.85 Å². The van der Waals surface area contributed by atoms with E-state index >= 15 is 0 Å². The van der Waals surface area contributed by atoms with Crippen molar-refractivity contribution in [1.29, 1.82) is 0 Å². The quantitative estimate of drug-likeness (QED) is 0.545. The van der Waals surface area contributed by atoms with Gasteiger partial charge in [-0.1, -0.05) is 48.6 Å². The highest BCUT2D eigenvalue weighted by Crippen LogP contribution is 2.09. The standard InChI is InChI=1S/C12H9NS/c14-12(10-5-2-1-3-6-10)11-7-4-8-13-9-11/h1-9H. The summed E-state index contributed by atoms with van der Waals surface area (Å²) in [7, 11) is 0. The monoisotopic (exact) mass is 199 g/mol. The number of benzene rings is 1. The number of hydrogen-bond acceptors (Lipinski definition) is 2. The Kier molecular flexibility index (Phi) is 2.65. The van der Waals surface area contributed by atoms with Gasteiger partial charge in [0.1, 0.15) is 0 Å². The van der Waals surface area contributed by atoms with Gasteiger partial charge < -0.3 is 0 Å². The van der Waals surface area contributed by atoms with Crippen molar-refractivity contribution in [2.75, 3.05) is 0 Å². The van der Waals surface area contributed by atoms with Crippen LogP contribution in [0.5, 0.6) is 0 Å². The van der Waals surface area contributed by atoms with Crippen molar-refractivity contribution < 1.29 is 0 Å². The lowest BCUT2D eigenvalue weighted by molar-refractivity contribution is 1.32. The Balaban J connectivity index is 2.35. The molecule has 0 aliphatic rings. The van der Waals surface area contributed by atoms with E-state index in [9.17, 15) is 0 Å². The Labute approximate surface area is 88.4 Å². The summed E-state index contributed by atoms with van der Waals surface area (Å²) in [5, 5.41) is 0. The Morgan fingerprint density at radius 3 is 2.29 bits per heavy atom. The highest BCUT2D eigenvalue weighted by atomic mass is 32.1. The van der Waals surface area contributed by atoms with E-state index in [4.69, 9.17) is 12.2 Å². The lowest BCUT2D eigenvalue weighted by atomic mass is 10.1. The molecule has 0 saturated carbocycles. The van der Waals surface area contributed by atoms with Crippen molar-refractivity contribution in [3.63, 3.8) is 0 Å². The maximum absolute atomic E-state index is 5.35. The summed E-state index contributed by atoms with van der Waals surface area (Å²) < 4.78 is 0. The Morgan fingerprint density at radius 2 is 1.64 bits per heavy atom. The lowest BCUT2D eigenvalue weighted by Crippen LogP contribution is -1.99. The average Bonchev–Trinajstić information content (AvgIpc) is 2.30. The van der Waals surface area contributed by atoms with E-state index < -0.39 is 0 Å². The van der Waals surface area contributed by atoms with Crippen molar-refractivity contribution in [1.82, 2.24) is 4.98 Å². The Morgan fingerprint density at radius 1 is 0.929 bits per heavy atom. The molecule has 0 unspecified atom stereocenters. The van der Waals surface area contributed by atoms with Crippen LogP contribution in [0.25, 0.3) is 0 Å². The van der Waals surface area contributed by atoms with Crippen LogP contribution >= 0.6 is 12.2 Å². The van der Waals surface area contributed by atoms with Crippen molar-refractivity contribution in [3.05, 3.63) is 66.0 Å². The summed E-state index contributed by atoms with van der Waals surface area (Å²) >= 11 is 5.35. The smallest absolute Gasteiger partial charge is 0.0537 e. The van der Waals surface area contributed by atoms with Crippen LogP contribution in [0.2, 0.25) is 0 Å². The van der Waals surface area contributed by atoms with Gasteiger partial charge in [0, 0.05) is 18.0 Å². The molecule has 0 aliphatic heterocycles. The van der Waals surface area contributed by atoms with Crippen LogP contribution in [-0.2, 0) is 0 Å². The van der Waals surface area contributed by atoms with Crippen molar-refractivity contribution in [2.24, 2.45) is 0 Å². The van der Waals surface area contributed by atoms with Gasteiger partial charge in [-0.2, -0.15) is 0 Å². The van der Waals surface area contributed by atoms with Gasteiger partial charge in [-0.05, 0) is 11.6 Å². The zero-order chi connectivity index (χ0) is 9.80. The van der Waals surface area contributed by atoms with E-state index in [2.05, 4.69) is 4.98 Å². The fourth-order valence-electron chi connectivity index (χ4n) is 1.25. The molecule has 1 nitrogen and oxygen atoms in total. The third-order valence-electron chi connectivity index (χ3n) is 1.96. The summed E-state index contributed by atoms with van der Waals surface area (Å²) in [6.07, 6.45) is 3.53. The summed E-state index contributed by atoms with van der Waals surface area (Å²) in [4.78, 5) is 4.89. The Hall–Kier alpha value is -1.54. The van der Waals surface area contributed by atoms with Crippen molar-refractivity contribution >= 4 is 17.1 Å². The minimum Gasteiger partial charge on any atom is -0.264 e. The van der Waals surface area contributed by atoms with Gasteiger partial charge in [-0.25, -0.2) is 0 Å². The summed E-state index contributed by atoms with van der Waals surface area (Å²) in [6, 6.07) is 13.8. The first-order chi connectivity index (χ1) is 6.88. The molecule has 0 bridgehead atoms. The molecule has 0 atom stereocenters. The maximum Gasteiger partial charge on any atom is 0.0537 e. The predicted octanol–water partition coefficient (Wildman–Crippen LogP) is 2.85. The molecule has 2 rings (SSSR count).